The van der Waals surface area contributed by atoms with Crippen molar-refractivity contribution in [1.29, 1.82) is 0 Å². The van der Waals surface area contributed by atoms with Gasteiger partial charge in [0, 0.05) is 32.4 Å². The average Bonchev–Trinajstić information content (AvgIpc) is 2.65. The third-order valence-electron chi connectivity index (χ3n) is 4.38. The van der Waals surface area contributed by atoms with Crippen LogP contribution in [0.1, 0.15) is 18.2 Å². The molecule has 8 heteroatoms. The van der Waals surface area contributed by atoms with Crippen LogP contribution in [0.4, 0.5) is 5.82 Å². The minimum absolute atomic E-state index is 0.220. The molecule has 2 aliphatic heterocycles. The number of methoxy groups -OCH3 is 2. The molecule has 2 N–H and O–H groups in total. The first-order valence-electron chi connectivity index (χ1n) is 7.19. The monoisotopic (exact) mass is 311 g/mol. The predicted molar refractivity (Wildman–Crippen MR) is 77.5 cm³/mol. The van der Waals surface area contributed by atoms with Crippen molar-refractivity contribution in [1.82, 2.24) is 9.55 Å². The molecule has 1 aromatic rings. The zero-order valence-electron chi connectivity index (χ0n) is 12.9. The Morgan fingerprint density at radius 3 is 3.00 bits per heavy atom. The van der Waals surface area contributed by atoms with Crippen molar-refractivity contribution in [3.8, 4) is 0 Å². The van der Waals surface area contributed by atoms with Gasteiger partial charge in [0.1, 0.15) is 23.6 Å². The first kappa shape index (κ1) is 15.4. The van der Waals surface area contributed by atoms with E-state index in [1.54, 1.807) is 27.3 Å². The summed E-state index contributed by atoms with van der Waals surface area (Å²) in [4.78, 5) is 16.0. The topological polar surface area (TPSA) is 97.8 Å². The SMILES string of the molecule is COC[C@]12CCOC(C1OC)[C@H](n1cc(C)c(N)nc1=O)O2. The molecule has 0 radical (unpaired) electrons. The highest BCUT2D eigenvalue weighted by molar-refractivity contribution is 5.35. The lowest BCUT2D eigenvalue weighted by Gasteiger charge is -2.37. The second-order valence-electron chi connectivity index (χ2n) is 5.75. The lowest BCUT2D eigenvalue weighted by Crippen LogP contribution is -2.52. The number of hydrogen-bond acceptors (Lipinski definition) is 7. The van der Waals surface area contributed by atoms with E-state index in [2.05, 4.69) is 4.98 Å². The van der Waals surface area contributed by atoms with E-state index in [1.165, 1.54) is 4.57 Å². The van der Waals surface area contributed by atoms with E-state index in [0.717, 1.165) is 0 Å². The average molecular weight is 311 g/mol. The van der Waals surface area contributed by atoms with Gasteiger partial charge in [-0.25, -0.2) is 4.79 Å². The van der Waals surface area contributed by atoms with E-state index >= 15 is 0 Å². The summed E-state index contributed by atoms with van der Waals surface area (Å²) >= 11 is 0. The summed E-state index contributed by atoms with van der Waals surface area (Å²) in [5.41, 5.74) is 5.30. The van der Waals surface area contributed by atoms with Crippen LogP contribution in [0.3, 0.4) is 0 Å². The van der Waals surface area contributed by atoms with Crippen molar-refractivity contribution in [3.63, 3.8) is 0 Å². The Morgan fingerprint density at radius 1 is 1.55 bits per heavy atom. The largest absolute Gasteiger partial charge is 0.383 e. The van der Waals surface area contributed by atoms with E-state index in [1.807, 2.05) is 0 Å². The number of nitrogen functional groups attached to an aromatic ring is 1. The van der Waals surface area contributed by atoms with E-state index < -0.39 is 23.6 Å². The van der Waals surface area contributed by atoms with Gasteiger partial charge in [-0.2, -0.15) is 4.98 Å². The van der Waals surface area contributed by atoms with Gasteiger partial charge in [0.05, 0.1) is 13.2 Å². The molecular formula is C14H21N3O5. The Labute approximate surface area is 128 Å². The lowest BCUT2D eigenvalue weighted by atomic mass is 9.90. The second kappa shape index (κ2) is 5.62. The number of nitrogens with two attached hydrogens (primary N) is 1. The Hall–Kier alpha value is -1.48. The summed E-state index contributed by atoms with van der Waals surface area (Å²) < 4.78 is 24.3. The Bertz CT molecular complexity index is 615. The molecule has 0 spiro atoms. The van der Waals surface area contributed by atoms with Gasteiger partial charge < -0.3 is 24.7 Å². The van der Waals surface area contributed by atoms with Gasteiger partial charge in [0.15, 0.2) is 6.23 Å². The van der Waals surface area contributed by atoms with E-state index in [0.29, 0.717) is 25.2 Å². The third kappa shape index (κ3) is 2.23. The van der Waals surface area contributed by atoms with Crippen LogP contribution in [0.5, 0.6) is 0 Å². The number of ether oxygens (including phenoxy) is 4. The van der Waals surface area contributed by atoms with Crippen molar-refractivity contribution in [2.24, 2.45) is 0 Å². The molecule has 122 valence electrons. The molecule has 2 saturated heterocycles. The highest BCUT2D eigenvalue weighted by Crippen LogP contribution is 2.45. The summed E-state index contributed by atoms with van der Waals surface area (Å²) in [5, 5.41) is 0. The summed E-state index contributed by atoms with van der Waals surface area (Å²) in [6.45, 7) is 2.69. The van der Waals surface area contributed by atoms with Crippen molar-refractivity contribution < 1.29 is 18.9 Å². The van der Waals surface area contributed by atoms with Gasteiger partial charge in [0.25, 0.3) is 0 Å². The molecule has 22 heavy (non-hydrogen) atoms. The van der Waals surface area contributed by atoms with E-state index in [9.17, 15) is 4.79 Å². The number of hydrogen-bond donors (Lipinski definition) is 1. The Kier molecular flexibility index (Phi) is 3.94. The maximum Gasteiger partial charge on any atom is 0.351 e. The number of aryl methyl sites for hydroxylation is 1. The smallest absolute Gasteiger partial charge is 0.351 e. The van der Waals surface area contributed by atoms with Crippen LogP contribution in [0.2, 0.25) is 0 Å². The summed E-state index contributed by atoms with van der Waals surface area (Å²) in [6, 6.07) is 0. The normalized spacial score (nSPS) is 34.0. The lowest BCUT2D eigenvalue weighted by molar-refractivity contribution is -0.159. The summed E-state index contributed by atoms with van der Waals surface area (Å²) in [5.74, 6) is 0.220. The van der Waals surface area contributed by atoms with Gasteiger partial charge in [-0.05, 0) is 6.92 Å². The van der Waals surface area contributed by atoms with Crippen LogP contribution in [0.25, 0.3) is 0 Å². The Balaban J connectivity index is 2.02. The fourth-order valence-electron chi connectivity index (χ4n) is 3.32. The minimum atomic E-state index is -0.619. The first-order chi connectivity index (χ1) is 10.5. The minimum Gasteiger partial charge on any atom is -0.383 e. The Morgan fingerprint density at radius 2 is 2.32 bits per heavy atom. The van der Waals surface area contributed by atoms with Crippen LogP contribution in [0.15, 0.2) is 11.0 Å². The number of fused-ring (bicyclic) bond motifs is 2. The molecule has 2 bridgehead atoms. The van der Waals surface area contributed by atoms with Crippen LogP contribution in [0, 0.1) is 6.92 Å². The van der Waals surface area contributed by atoms with Crippen molar-refractivity contribution in [2.45, 2.75) is 37.4 Å². The van der Waals surface area contributed by atoms with Crippen LogP contribution < -0.4 is 11.4 Å². The number of anilines is 1. The van der Waals surface area contributed by atoms with Crippen molar-refractivity contribution in [3.05, 3.63) is 22.2 Å². The highest BCUT2D eigenvalue weighted by atomic mass is 16.6. The van der Waals surface area contributed by atoms with Crippen LogP contribution in [-0.2, 0) is 18.9 Å². The molecule has 2 unspecified atom stereocenters. The van der Waals surface area contributed by atoms with Gasteiger partial charge in [-0.1, -0.05) is 0 Å². The predicted octanol–water partition coefficient (Wildman–Crippen LogP) is -0.148. The van der Waals surface area contributed by atoms with Gasteiger partial charge >= 0.3 is 5.69 Å². The fraction of sp³-hybridized carbons (Fsp3) is 0.714. The third-order valence-corrected chi connectivity index (χ3v) is 4.38. The molecule has 0 amide bonds. The second-order valence-corrected chi connectivity index (χ2v) is 5.75. The maximum absolute atomic E-state index is 12.2. The fourth-order valence-corrected chi connectivity index (χ4v) is 3.32. The molecule has 3 rings (SSSR count). The van der Waals surface area contributed by atoms with Crippen LogP contribution in [-0.4, -0.2) is 54.8 Å². The van der Waals surface area contributed by atoms with Crippen molar-refractivity contribution in [2.75, 3.05) is 33.2 Å². The molecule has 3 heterocycles. The zero-order chi connectivity index (χ0) is 15.9. The molecule has 2 aliphatic rings. The number of nitrogens with zero attached hydrogens (tertiary/aromatic N) is 2. The molecule has 0 aromatic carbocycles. The molecule has 8 nitrogen and oxygen atoms in total. The quantitative estimate of drug-likeness (QED) is 0.826. The molecule has 4 atom stereocenters. The van der Waals surface area contributed by atoms with Gasteiger partial charge in [-0.3, -0.25) is 4.57 Å². The molecule has 0 saturated carbocycles. The zero-order valence-corrected chi connectivity index (χ0v) is 12.9. The number of rotatable bonds is 4. The summed E-state index contributed by atoms with van der Waals surface area (Å²) in [7, 11) is 3.22. The maximum atomic E-state index is 12.2. The number of aromatic nitrogens is 2. The standard InChI is InChI=1S/C14H21N3O5/c1-8-6-17(13(18)16-11(8)15)12-9-10(20-3)14(22-12,7-19-2)4-5-21-9/h6,9-10,12H,4-5,7H2,1-3H3,(H2,15,16,18)/t9?,10?,12-,14-/m1/s1. The molecular weight excluding hydrogens is 290 g/mol. The molecule has 0 aliphatic carbocycles. The molecule has 1 aromatic heterocycles. The highest BCUT2D eigenvalue weighted by Gasteiger charge is 2.59. The molecule has 2 fully saturated rings. The summed E-state index contributed by atoms with van der Waals surface area (Å²) in [6.07, 6.45) is 0.976. The van der Waals surface area contributed by atoms with E-state index in [4.69, 9.17) is 24.7 Å². The van der Waals surface area contributed by atoms with Gasteiger partial charge in [0.2, 0.25) is 0 Å². The van der Waals surface area contributed by atoms with Crippen molar-refractivity contribution >= 4 is 5.82 Å². The van der Waals surface area contributed by atoms with Gasteiger partial charge in [-0.15, -0.1) is 0 Å². The van der Waals surface area contributed by atoms with E-state index in [-0.39, 0.29) is 11.9 Å². The van der Waals surface area contributed by atoms with Crippen LogP contribution >= 0.6 is 0 Å². The first-order valence-corrected chi connectivity index (χ1v) is 7.19.